The molecule has 0 aliphatic carbocycles. The molecule has 0 spiro atoms. The number of nitrogens with two attached hydrogens (primary N) is 1. The fourth-order valence-corrected chi connectivity index (χ4v) is 2.87. The van der Waals surface area contributed by atoms with Gasteiger partial charge in [0.1, 0.15) is 5.82 Å². The summed E-state index contributed by atoms with van der Waals surface area (Å²) in [5, 5.41) is 0. The van der Waals surface area contributed by atoms with Crippen molar-refractivity contribution in [2.75, 3.05) is 7.05 Å². The quantitative estimate of drug-likeness (QED) is 0.504. The number of carbonyl (C=O) groups excluding carboxylic acids is 1. The van der Waals surface area contributed by atoms with Crippen molar-refractivity contribution in [3.05, 3.63) is 57.5 Å². The summed E-state index contributed by atoms with van der Waals surface area (Å²) in [5.41, 5.74) is 3.16. The van der Waals surface area contributed by atoms with Crippen molar-refractivity contribution >= 4 is 17.2 Å². The average molecular weight is 293 g/mol. The van der Waals surface area contributed by atoms with Crippen LogP contribution in [-0.2, 0) is 13.1 Å². The number of hydrogen-bond acceptors (Lipinski definition) is 4. The Balaban J connectivity index is 1.94. The second-order valence-corrected chi connectivity index (χ2v) is 5.71. The highest BCUT2D eigenvalue weighted by atomic mass is 32.1. The van der Waals surface area contributed by atoms with Crippen LogP contribution < -0.4 is 11.3 Å². The number of carbonyl (C=O) groups is 1. The molecular formula is C14H16FN3OS. The van der Waals surface area contributed by atoms with Gasteiger partial charge in [-0.05, 0) is 36.9 Å². The van der Waals surface area contributed by atoms with Gasteiger partial charge in [-0.25, -0.2) is 10.2 Å². The Morgan fingerprint density at radius 2 is 1.95 bits per heavy atom. The van der Waals surface area contributed by atoms with E-state index in [0.717, 1.165) is 23.5 Å². The lowest BCUT2D eigenvalue weighted by molar-refractivity contribution is 0.0957. The normalized spacial score (nSPS) is 10.8. The molecule has 0 fully saturated rings. The third-order valence-corrected chi connectivity index (χ3v) is 3.88. The van der Waals surface area contributed by atoms with Crippen molar-refractivity contribution < 1.29 is 9.18 Å². The summed E-state index contributed by atoms with van der Waals surface area (Å²) in [6.45, 7) is 1.44. The van der Waals surface area contributed by atoms with Gasteiger partial charge < -0.3 is 0 Å². The van der Waals surface area contributed by atoms with Crippen LogP contribution in [0.2, 0.25) is 0 Å². The second kappa shape index (κ2) is 6.60. The van der Waals surface area contributed by atoms with Crippen molar-refractivity contribution in [3.63, 3.8) is 0 Å². The Hall–Kier alpha value is -1.76. The zero-order valence-electron chi connectivity index (χ0n) is 11.1. The minimum Gasteiger partial charge on any atom is -0.297 e. The number of nitrogens with zero attached hydrogens (tertiary/aromatic N) is 1. The van der Waals surface area contributed by atoms with Gasteiger partial charge in [-0.3, -0.25) is 15.1 Å². The van der Waals surface area contributed by atoms with Gasteiger partial charge in [-0.2, -0.15) is 0 Å². The molecule has 0 saturated heterocycles. The molecule has 0 bridgehead atoms. The third kappa shape index (κ3) is 3.86. The molecule has 0 unspecified atom stereocenters. The minimum absolute atomic E-state index is 0.230. The van der Waals surface area contributed by atoms with Crippen LogP contribution >= 0.6 is 11.3 Å². The number of rotatable bonds is 5. The summed E-state index contributed by atoms with van der Waals surface area (Å²) in [5.74, 6) is 4.59. The molecule has 0 aliphatic heterocycles. The molecule has 1 heterocycles. The smallest absolute Gasteiger partial charge is 0.275 e. The van der Waals surface area contributed by atoms with Gasteiger partial charge in [0.2, 0.25) is 0 Å². The summed E-state index contributed by atoms with van der Waals surface area (Å²) in [4.78, 5) is 15.1. The molecule has 0 aliphatic rings. The summed E-state index contributed by atoms with van der Waals surface area (Å²) in [6, 6.07) is 10.1. The van der Waals surface area contributed by atoms with E-state index in [2.05, 4.69) is 10.3 Å². The number of hydrogen-bond donors (Lipinski definition) is 2. The lowest BCUT2D eigenvalue weighted by Gasteiger charge is -2.15. The van der Waals surface area contributed by atoms with Crippen LogP contribution in [0.5, 0.6) is 0 Å². The van der Waals surface area contributed by atoms with E-state index in [1.54, 1.807) is 18.2 Å². The number of halogens is 1. The summed E-state index contributed by atoms with van der Waals surface area (Å²) < 4.78 is 12.8. The molecule has 2 rings (SSSR count). The average Bonchev–Trinajstić information content (AvgIpc) is 2.89. The molecule has 4 nitrogen and oxygen atoms in total. The molecule has 0 saturated carbocycles. The number of nitrogen functional groups attached to an aromatic ring is 1. The summed E-state index contributed by atoms with van der Waals surface area (Å²) in [6.07, 6.45) is 0. The molecular weight excluding hydrogens is 277 g/mol. The van der Waals surface area contributed by atoms with Crippen LogP contribution in [-0.4, -0.2) is 17.9 Å². The lowest BCUT2D eigenvalue weighted by atomic mass is 10.2. The van der Waals surface area contributed by atoms with Gasteiger partial charge in [0.05, 0.1) is 4.88 Å². The predicted octanol–water partition coefficient (Wildman–Crippen LogP) is 2.12. The van der Waals surface area contributed by atoms with E-state index in [-0.39, 0.29) is 11.7 Å². The molecule has 6 heteroatoms. The maximum atomic E-state index is 12.8. The van der Waals surface area contributed by atoms with Gasteiger partial charge in [0.25, 0.3) is 5.91 Å². The third-order valence-electron chi connectivity index (χ3n) is 2.81. The number of hydrazine groups is 1. The van der Waals surface area contributed by atoms with Crippen molar-refractivity contribution in [1.29, 1.82) is 0 Å². The van der Waals surface area contributed by atoms with Crippen LogP contribution in [0.4, 0.5) is 4.39 Å². The number of thiophene rings is 1. The number of nitrogens with one attached hydrogen (secondary N) is 1. The van der Waals surface area contributed by atoms with Crippen LogP contribution in [0.25, 0.3) is 0 Å². The molecule has 20 heavy (non-hydrogen) atoms. The highest BCUT2D eigenvalue weighted by molar-refractivity contribution is 7.14. The van der Waals surface area contributed by atoms with E-state index in [1.807, 2.05) is 13.1 Å². The predicted molar refractivity (Wildman–Crippen MR) is 77.5 cm³/mol. The zero-order valence-corrected chi connectivity index (χ0v) is 11.9. The van der Waals surface area contributed by atoms with Crippen LogP contribution in [0, 0.1) is 5.82 Å². The molecule has 1 aromatic heterocycles. The van der Waals surface area contributed by atoms with E-state index < -0.39 is 0 Å². The number of amides is 1. The first kappa shape index (κ1) is 14.6. The van der Waals surface area contributed by atoms with E-state index in [1.165, 1.54) is 23.5 Å². The SMILES string of the molecule is CN(Cc1ccc(F)cc1)Cc1ccc(C(=O)NN)s1. The highest BCUT2D eigenvalue weighted by Crippen LogP contribution is 2.18. The Morgan fingerprint density at radius 3 is 2.60 bits per heavy atom. The van der Waals surface area contributed by atoms with Crippen LogP contribution in [0.15, 0.2) is 36.4 Å². The second-order valence-electron chi connectivity index (χ2n) is 4.54. The van der Waals surface area contributed by atoms with Crippen LogP contribution in [0.1, 0.15) is 20.1 Å². The Bertz CT molecular complexity index is 582. The summed E-state index contributed by atoms with van der Waals surface area (Å²) >= 11 is 1.41. The van der Waals surface area contributed by atoms with Gasteiger partial charge in [-0.1, -0.05) is 12.1 Å². The Morgan fingerprint density at radius 1 is 1.25 bits per heavy atom. The van der Waals surface area contributed by atoms with Crippen molar-refractivity contribution in [2.45, 2.75) is 13.1 Å². The molecule has 0 radical (unpaired) electrons. The van der Waals surface area contributed by atoms with E-state index in [9.17, 15) is 9.18 Å². The van der Waals surface area contributed by atoms with E-state index in [0.29, 0.717) is 4.88 Å². The van der Waals surface area contributed by atoms with Gasteiger partial charge in [-0.15, -0.1) is 11.3 Å². The molecule has 1 amide bonds. The van der Waals surface area contributed by atoms with E-state index in [4.69, 9.17) is 5.84 Å². The highest BCUT2D eigenvalue weighted by Gasteiger charge is 2.09. The Labute approximate surface area is 121 Å². The maximum Gasteiger partial charge on any atom is 0.275 e. The molecule has 3 N–H and O–H groups in total. The fourth-order valence-electron chi connectivity index (χ4n) is 1.88. The largest absolute Gasteiger partial charge is 0.297 e. The lowest BCUT2D eigenvalue weighted by Crippen LogP contribution is -2.29. The van der Waals surface area contributed by atoms with Crippen molar-refractivity contribution in [3.8, 4) is 0 Å². The molecule has 2 aromatic rings. The van der Waals surface area contributed by atoms with Crippen LogP contribution in [0.3, 0.4) is 0 Å². The standard InChI is InChI=1S/C14H16FN3OS/c1-18(8-10-2-4-11(15)5-3-10)9-12-6-7-13(20-12)14(19)17-16/h2-7H,8-9,16H2,1H3,(H,17,19). The first-order valence-corrected chi connectivity index (χ1v) is 6.93. The van der Waals surface area contributed by atoms with Crippen molar-refractivity contribution in [1.82, 2.24) is 10.3 Å². The molecule has 106 valence electrons. The first-order valence-electron chi connectivity index (χ1n) is 6.11. The van der Waals surface area contributed by atoms with Crippen molar-refractivity contribution in [2.24, 2.45) is 5.84 Å². The van der Waals surface area contributed by atoms with Gasteiger partial charge in [0.15, 0.2) is 0 Å². The summed E-state index contributed by atoms with van der Waals surface area (Å²) in [7, 11) is 1.98. The van der Waals surface area contributed by atoms with Gasteiger partial charge in [0, 0.05) is 18.0 Å². The molecule has 0 atom stereocenters. The monoisotopic (exact) mass is 293 g/mol. The van der Waals surface area contributed by atoms with Gasteiger partial charge >= 0.3 is 0 Å². The zero-order chi connectivity index (χ0) is 14.5. The topological polar surface area (TPSA) is 58.4 Å². The fraction of sp³-hybridized carbons (Fsp3) is 0.214. The van der Waals surface area contributed by atoms with E-state index >= 15 is 0 Å². The first-order chi connectivity index (χ1) is 9.58. The minimum atomic E-state index is -0.276. The Kier molecular flexibility index (Phi) is 4.84. The number of benzene rings is 1. The maximum absolute atomic E-state index is 12.8. The molecule has 1 aromatic carbocycles.